The molecule has 0 saturated carbocycles. The minimum absolute atomic E-state index is 0.0445. The molecule has 256 valence electrons. The van der Waals surface area contributed by atoms with E-state index in [1.807, 2.05) is 13.8 Å². The Morgan fingerprint density at radius 3 is 2.56 bits per heavy atom. The predicted octanol–water partition coefficient (Wildman–Crippen LogP) is 1.66. The van der Waals surface area contributed by atoms with Crippen molar-refractivity contribution in [1.82, 2.24) is 30.4 Å². The van der Waals surface area contributed by atoms with Gasteiger partial charge in [-0.15, -0.1) is 0 Å². The average molecular weight is 680 g/mol. The summed E-state index contributed by atoms with van der Waals surface area (Å²) in [5, 5.41) is 6.37. The highest BCUT2D eigenvalue weighted by molar-refractivity contribution is 7.79. The fourth-order valence-corrected chi connectivity index (χ4v) is 7.05. The van der Waals surface area contributed by atoms with Crippen molar-refractivity contribution in [2.75, 3.05) is 13.1 Å². The molecule has 0 aliphatic carbocycles. The lowest BCUT2D eigenvalue weighted by molar-refractivity contribution is -0.143. The number of aromatic nitrogens is 2. The first-order valence-corrected chi connectivity index (χ1v) is 17.8. The molecule has 2 saturated heterocycles. The Bertz CT molecular complexity index is 1760. The number of nitrogens with one attached hydrogen (secondary N) is 3. The molecule has 2 aliphatic heterocycles. The highest BCUT2D eigenvalue weighted by atomic mass is 31.2. The summed E-state index contributed by atoms with van der Waals surface area (Å²) in [6.07, 6.45) is 6.79. The number of H-pyrrole nitrogens is 1. The molecule has 3 aromatic rings. The van der Waals surface area contributed by atoms with Gasteiger partial charge < -0.3 is 36.0 Å². The summed E-state index contributed by atoms with van der Waals surface area (Å²) in [5.74, 6) is -1.78. The Balaban J connectivity index is 1.38. The van der Waals surface area contributed by atoms with Crippen LogP contribution in [0.1, 0.15) is 78.5 Å². The van der Waals surface area contributed by atoms with Gasteiger partial charge >= 0.3 is 0 Å². The predicted molar refractivity (Wildman–Crippen MR) is 181 cm³/mol. The first-order chi connectivity index (χ1) is 22.7. The van der Waals surface area contributed by atoms with E-state index in [2.05, 4.69) is 31.8 Å². The van der Waals surface area contributed by atoms with Crippen molar-refractivity contribution < 1.29 is 33.8 Å². The van der Waals surface area contributed by atoms with Crippen LogP contribution in [0.5, 0.6) is 0 Å². The van der Waals surface area contributed by atoms with Gasteiger partial charge in [-0.25, -0.2) is 0 Å². The number of carbonyl (C=O) groups is 5. The van der Waals surface area contributed by atoms with E-state index in [-0.39, 0.29) is 54.5 Å². The number of primary amides is 1. The van der Waals surface area contributed by atoms with Crippen LogP contribution in [0.15, 0.2) is 48.7 Å². The lowest BCUT2D eigenvalue weighted by Gasteiger charge is -2.40. The molecule has 0 spiro atoms. The molecule has 4 heterocycles. The molecule has 2 fully saturated rings. The second-order valence-electron chi connectivity index (χ2n) is 12.7. The fraction of sp³-hybridized carbons (Fsp3) is 0.424. The molecule has 5 rings (SSSR count). The van der Waals surface area contributed by atoms with E-state index >= 15 is 0 Å². The number of hydrogen-bond acceptors (Lipinski definition) is 9. The van der Waals surface area contributed by atoms with Gasteiger partial charge in [0.1, 0.15) is 17.8 Å². The number of nitrogens with two attached hydrogens (primary N) is 1. The summed E-state index contributed by atoms with van der Waals surface area (Å²) in [5.41, 5.74) is 5.81. The van der Waals surface area contributed by atoms with Gasteiger partial charge in [0.2, 0.25) is 23.2 Å². The molecular formula is C33H42N7O7P. The number of benzene rings is 1. The maximum atomic E-state index is 14.3. The highest BCUT2D eigenvalue weighted by Crippen LogP contribution is 2.39. The summed E-state index contributed by atoms with van der Waals surface area (Å²) in [7, 11) is -4.00. The second kappa shape index (κ2) is 14.4. The zero-order valence-electron chi connectivity index (χ0n) is 27.0. The van der Waals surface area contributed by atoms with Crippen molar-refractivity contribution in [3.05, 3.63) is 65.6 Å². The SMILES string of the molecule is C=P(O)(O)C(=O)c1ccc2[nH]c(C(=O)NC3CN(C(C)C)CC[C@H]4CC[C@@H](C(=O)N[C@@H](CCC(N)=O)c5ccccn5)N4C3=O)cc2c1. The molecular weight excluding hydrogens is 637 g/mol. The minimum Gasteiger partial charge on any atom is -0.370 e. The highest BCUT2D eigenvalue weighted by Gasteiger charge is 2.45. The van der Waals surface area contributed by atoms with Crippen LogP contribution < -0.4 is 16.4 Å². The molecule has 14 nitrogen and oxygen atoms in total. The molecule has 1 aromatic carbocycles. The summed E-state index contributed by atoms with van der Waals surface area (Å²) < 4.78 is 0. The van der Waals surface area contributed by atoms with Crippen molar-refractivity contribution in [3.63, 3.8) is 0 Å². The third-order valence-electron chi connectivity index (χ3n) is 9.04. The van der Waals surface area contributed by atoms with E-state index in [4.69, 9.17) is 5.73 Å². The van der Waals surface area contributed by atoms with Crippen molar-refractivity contribution in [1.29, 1.82) is 0 Å². The van der Waals surface area contributed by atoms with E-state index in [0.29, 0.717) is 42.4 Å². The third kappa shape index (κ3) is 7.84. The largest absolute Gasteiger partial charge is 0.370 e. The minimum atomic E-state index is -4.00. The van der Waals surface area contributed by atoms with Crippen LogP contribution in [0.2, 0.25) is 0 Å². The van der Waals surface area contributed by atoms with E-state index in [9.17, 15) is 33.8 Å². The van der Waals surface area contributed by atoms with Crippen LogP contribution in [-0.2, 0) is 14.4 Å². The monoisotopic (exact) mass is 679 g/mol. The molecule has 1 unspecified atom stereocenters. The van der Waals surface area contributed by atoms with E-state index in [1.165, 1.54) is 18.2 Å². The zero-order chi connectivity index (χ0) is 34.7. The van der Waals surface area contributed by atoms with E-state index in [0.717, 1.165) is 0 Å². The smallest absolute Gasteiger partial charge is 0.268 e. The summed E-state index contributed by atoms with van der Waals surface area (Å²) in [4.78, 5) is 96.2. The van der Waals surface area contributed by atoms with Crippen LogP contribution in [0, 0.1) is 0 Å². The standard InChI is InChI=1S/C33H42N7O7P/c1-19(2)39-15-13-22-8-11-28(31(43)37-25(10-12-29(34)41)24-6-4-5-14-35-24)40(22)32(44)27(18-39)38-30(42)26-17-21-16-20(7-9-23(21)36-26)33(45)48(3,46)47/h4-7,9,14,16-17,19,22,25,27-28,36,46-47H,3,8,10-13,15,18H2,1-2H3,(H2,34,41)(H,37,43)(H,38,42)/t22-,25+,27?,28+/m1/s1. The van der Waals surface area contributed by atoms with Gasteiger partial charge in [-0.1, -0.05) is 6.07 Å². The fourth-order valence-electron chi connectivity index (χ4n) is 6.49. The van der Waals surface area contributed by atoms with Gasteiger partial charge in [-0.05, 0) is 82.2 Å². The molecule has 48 heavy (non-hydrogen) atoms. The van der Waals surface area contributed by atoms with E-state index < -0.39 is 42.8 Å². The number of pyridine rings is 1. The van der Waals surface area contributed by atoms with Crippen molar-refractivity contribution in [2.45, 2.75) is 76.2 Å². The quantitative estimate of drug-likeness (QED) is 0.163. The summed E-state index contributed by atoms with van der Waals surface area (Å²) in [6, 6.07) is 8.78. The lowest BCUT2D eigenvalue weighted by atomic mass is 10.0. The lowest BCUT2D eigenvalue weighted by Crippen LogP contribution is -2.61. The Morgan fingerprint density at radius 1 is 1.12 bits per heavy atom. The average Bonchev–Trinajstić information content (AvgIpc) is 3.66. The number of fused-ring (bicyclic) bond motifs is 2. The number of amides is 4. The number of carbonyl (C=O) groups excluding carboxylic acids is 5. The maximum Gasteiger partial charge on any atom is 0.268 e. The zero-order valence-corrected chi connectivity index (χ0v) is 27.9. The number of rotatable bonds is 11. The number of aromatic amines is 1. The summed E-state index contributed by atoms with van der Waals surface area (Å²) in [6.45, 7) is 4.94. The van der Waals surface area contributed by atoms with Crippen LogP contribution in [0.4, 0.5) is 0 Å². The molecule has 0 bridgehead atoms. The van der Waals surface area contributed by atoms with Gasteiger partial charge in [0, 0.05) is 54.3 Å². The molecule has 4 amide bonds. The normalized spacial score (nSPS) is 21.0. The molecule has 4 atom stereocenters. The van der Waals surface area contributed by atoms with Gasteiger partial charge in [-0.3, -0.25) is 33.9 Å². The van der Waals surface area contributed by atoms with Gasteiger partial charge in [0.15, 0.2) is 7.34 Å². The number of hydrogen-bond donors (Lipinski definition) is 6. The Hall–Kier alpha value is -4.36. The van der Waals surface area contributed by atoms with Crippen LogP contribution in [-0.4, -0.2) is 102 Å². The van der Waals surface area contributed by atoms with Crippen LogP contribution in [0.25, 0.3) is 10.9 Å². The van der Waals surface area contributed by atoms with E-state index in [1.54, 1.807) is 35.4 Å². The Labute approximate surface area is 278 Å². The third-order valence-corrected chi connectivity index (χ3v) is 9.95. The molecule has 15 heteroatoms. The van der Waals surface area contributed by atoms with Crippen molar-refractivity contribution in [2.24, 2.45) is 5.73 Å². The molecule has 2 aromatic heterocycles. The van der Waals surface area contributed by atoms with Crippen molar-refractivity contribution >= 4 is 53.7 Å². The van der Waals surface area contributed by atoms with Gasteiger partial charge in [0.05, 0.1) is 11.7 Å². The van der Waals surface area contributed by atoms with Crippen LogP contribution >= 0.6 is 7.34 Å². The van der Waals surface area contributed by atoms with Crippen molar-refractivity contribution in [3.8, 4) is 0 Å². The maximum absolute atomic E-state index is 14.3. The Morgan fingerprint density at radius 2 is 1.90 bits per heavy atom. The first-order valence-electron chi connectivity index (χ1n) is 16.0. The van der Waals surface area contributed by atoms with Crippen LogP contribution in [0.3, 0.4) is 0 Å². The first kappa shape index (κ1) is 35.0. The van der Waals surface area contributed by atoms with Gasteiger partial charge in [-0.2, -0.15) is 0 Å². The molecule has 0 radical (unpaired) electrons. The second-order valence-corrected chi connectivity index (χ2v) is 14.6. The van der Waals surface area contributed by atoms with Gasteiger partial charge in [0.25, 0.3) is 5.91 Å². The molecule has 2 aliphatic rings. The number of nitrogens with zero attached hydrogens (tertiary/aromatic N) is 3. The Kier molecular flexibility index (Phi) is 10.5. The summed E-state index contributed by atoms with van der Waals surface area (Å²) >= 11 is 0. The topological polar surface area (TPSA) is 211 Å². The molecule has 7 N–H and O–H groups in total.